The van der Waals surface area contributed by atoms with Crippen LogP contribution in [0.2, 0.25) is 0 Å². The maximum atomic E-state index is 12.4. The van der Waals surface area contributed by atoms with E-state index in [4.69, 9.17) is 4.74 Å². The second-order valence-corrected chi connectivity index (χ2v) is 6.44. The summed E-state index contributed by atoms with van der Waals surface area (Å²) >= 11 is 0. The lowest BCUT2D eigenvalue weighted by atomic mass is 10.0. The van der Waals surface area contributed by atoms with Gasteiger partial charge < -0.3 is 15.0 Å². The van der Waals surface area contributed by atoms with Crippen LogP contribution in [0.5, 0.6) is 0 Å². The Hall–Kier alpha value is -2.89. The molecular weight excluding hydrogens is 344 g/mol. The standard InChI is InChI=1S/C21H28N2O4/c1-5-12-23(13-6-2)19(25)15-27-21(26)20(16(3)4)22-18(24)14-17-10-8-7-9-11-17/h5-11,16,20H,1-2,12-15H2,3-4H3,(H,22,24)/t20-/m0/s1. The predicted octanol–water partition coefficient (Wildman–Crippen LogP) is 2.11. The van der Waals surface area contributed by atoms with Crippen molar-refractivity contribution in [3.05, 3.63) is 61.2 Å². The van der Waals surface area contributed by atoms with Crippen LogP contribution in [0.25, 0.3) is 0 Å². The molecule has 0 spiro atoms. The van der Waals surface area contributed by atoms with Crippen LogP contribution < -0.4 is 5.32 Å². The van der Waals surface area contributed by atoms with Crippen LogP contribution in [0.15, 0.2) is 55.6 Å². The Balaban J connectivity index is 2.61. The first-order valence-corrected chi connectivity index (χ1v) is 8.88. The Kier molecular flexibility index (Phi) is 9.58. The van der Waals surface area contributed by atoms with Gasteiger partial charge in [0.15, 0.2) is 6.61 Å². The molecule has 0 fully saturated rings. The molecule has 0 saturated carbocycles. The van der Waals surface area contributed by atoms with E-state index in [9.17, 15) is 14.4 Å². The normalized spacial score (nSPS) is 11.4. The Morgan fingerprint density at radius 2 is 1.70 bits per heavy atom. The zero-order valence-electron chi connectivity index (χ0n) is 16.0. The summed E-state index contributed by atoms with van der Waals surface area (Å²) in [6.45, 7) is 11.1. The molecule has 1 aromatic carbocycles. The molecule has 2 amide bonds. The summed E-state index contributed by atoms with van der Waals surface area (Å²) in [4.78, 5) is 38.2. The van der Waals surface area contributed by atoms with Crippen LogP contribution >= 0.6 is 0 Å². The minimum atomic E-state index is -0.818. The smallest absolute Gasteiger partial charge is 0.329 e. The largest absolute Gasteiger partial charge is 0.454 e. The molecule has 1 atom stereocenters. The van der Waals surface area contributed by atoms with Gasteiger partial charge in [0.2, 0.25) is 5.91 Å². The van der Waals surface area contributed by atoms with Crippen molar-refractivity contribution >= 4 is 17.8 Å². The van der Waals surface area contributed by atoms with E-state index in [1.54, 1.807) is 26.0 Å². The fourth-order valence-electron chi connectivity index (χ4n) is 2.41. The minimum Gasteiger partial charge on any atom is -0.454 e. The van der Waals surface area contributed by atoms with E-state index in [2.05, 4.69) is 18.5 Å². The fraction of sp³-hybridized carbons (Fsp3) is 0.381. The molecule has 1 rings (SSSR count). The predicted molar refractivity (Wildman–Crippen MR) is 105 cm³/mol. The van der Waals surface area contributed by atoms with Gasteiger partial charge in [0.1, 0.15) is 6.04 Å². The molecule has 27 heavy (non-hydrogen) atoms. The summed E-state index contributed by atoms with van der Waals surface area (Å²) in [6, 6.07) is 8.43. The second-order valence-electron chi connectivity index (χ2n) is 6.44. The van der Waals surface area contributed by atoms with Crippen molar-refractivity contribution in [3.63, 3.8) is 0 Å². The molecule has 146 valence electrons. The number of amides is 2. The molecule has 0 aliphatic rings. The van der Waals surface area contributed by atoms with Crippen LogP contribution in [0.1, 0.15) is 19.4 Å². The highest BCUT2D eigenvalue weighted by Gasteiger charge is 2.26. The SMILES string of the molecule is C=CCN(CC=C)C(=O)COC(=O)[C@@H](NC(=O)Cc1ccccc1)C(C)C. The molecule has 0 bridgehead atoms. The van der Waals surface area contributed by atoms with Gasteiger partial charge in [-0.15, -0.1) is 13.2 Å². The number of hydrogen-bond acceptors (Lipinski definition) is 4. The monoisotopic (exact) mass is 372 g/mol. The number of esters is 1. The summed E-state index contributed by atoms with van der Waals surface area (Å²) in [7, 11) is 0. The number of rotatable bonds is 11. The van der Waals surface area contributed by atoms with Gasteiger partial charge in [-0.05, 0) is 11.5 Å². The number of ether oxygens (including phenoxy) is 1. The van der Waals surface area contributed by atoms with E-state index in [1.807, 2.05) is 30.3 Å². The van der Waals surface area contributed by atoms with Crippen molar-refractivity contribution in [1.29, 1.82) is 0 Å². The third kappa shape index (κ3) is 7.90. The van der Waals surface area contributed by atoms with Gasteiger partial charge in [0, 0.05) is 13.1 Å². The van der Waals surface area contributed by atoms with Crippen LogP contribution in [-0.4, -0.2) is 48.4 Å². The van der Waals surface area contributed by atoms with E-state index in [1.165, 1.54) is 4.90 Å². The molecule has 1 aromatic rings. The molecule has 0 unspecified atom stereocenters. The van der Waals surface area contributed by atoms with Crippen molar-refractivity contribution in [2.45, 2.75) is 26.3 Å². The van der Waals surface area contributed by atoms with Gasteiger partial charge >= 0.3 is 5.97 Å². The van der Waals surface area contributed by atoms with E-state index >= 15 is 0 Å². The zero-order valence-corrected chi connectivity index (χ0v) is 16.0. The summed E-state index contributed by atoms with van der Waals surface area (Å²) in [5.41, 5.74) is 0.852. The average molecular weight is 372 g/mol. The molecule has 0 aliphatic heterocycles. The maximum Gasteiger partial charge on any atom is 0.329 e. The molecule has 0 heterocycles. The zero-order chi connectivity index (χ0) is 20.2. The topological polar surface area (TPSA) is 75.7 Å². The van der Waals surface area contributed by atoms with Crippen molar-refractivity contribution in [2.75, 3.05) is 19.7 Å². The van der Waals surface area contributed by atoms with E-state index in [-0.39, 0.29) is 24.2 Å². The number of benzene rings is 1. The first-order chi connectivity index (χ1) is 12.9. The van der Waals surface area contributed by atoms with Crippen molar-refractivity contribution in [2.24, 2.45) is 5.92 Å². The van der Waals surface area contributed by atoms with Crippen molar-refractivity contribution < 1.29 is 19.1 Å². The molecular formula is C21H28N2O4. The molecule has 1 N–H and O–H groups in total. The summed E-state index contributed by atoms with van der Waals surface area (Å²) < 4.78 is 5.14. The van der Waals surface area contributed by atoms with Gasteiger partial charge in [-0.1, -0.05) is 56.3 Å². The third-order valence-corrected chi connectivity index (χ3v) is 3.83. The van der Waals surface area contributed by atoms with E-state index in [0.29, 0.717) is 13.1 Å². The first kappa shape index (κ1) is 22.2. The Morgan fingerprint density at radius 1 is 1.11 bits per heavy atom. The summed E-state index contributed by atoms with van der Waals surface area (Å²) in [5, 5.41) is 2.70. The molecule has 0 saturated heterocycles. The Labute approximate surface area is 160 Å². The second kappa shape index (κ2) is 11.7. The lowest BCUT2D eigenvalue weighted by Crippen LogP contribution is -2.47. The molecule has 6 nitrogen and oxygen atoms in total. The fourth-order valence-corrected chi connectivity index (χ4v) is 2.41. The summed E-state index contributed by atoms with van der Waals surface area (Å²) in [5.74, 6) is -1.42. The molecule has 0 radical (unpaired) electrons. The van der Waals surface area contributed by atoms with Crippen LogP contribution in [0, 0.1) is 5.92 Å². The highest BCUT2D eigenvalue weighted by Crippen LogP contribution is 2.06. The third-order valence-electron chi connectivity index (χ3n) is 3.83. The maximum absolute atomic E-state index is 12.4. The number of hydrogen-bond donors (Lipinski definition) is 1. The quantitative estimate of drug-likeness (QED) is 0.477. The van der Waals surface area contributed by atoms with Crippen molar-refractivity contribution in [3.8, 4) is 0 Å². The first-order valence-electron chi connectivity index (χ1n) is 8.88. The highest BCUT2D eigenvalue weighted by atomic mass is 16.5. The van der Waals surface area contributed by atoms with Crippen LogP contribution in [-0.2, 0) is 25.5 Å². The number of nitrogens with zero attached hydrogens (tertiary/aromatic N) is 1. The average Bonchev–Trinajstić information content (AvgIpc) is 2.64. The highest BCUT2D eigenvalue weighted by molar-refractivity contribution is 5.87. The molecule has 0 aromatic heterocycles. The van der Waals surface area contributed by atoms with Crippen LogP contribution in [0.4, 0.5) is 0 Å². The minimum absolute atomic E-state index is 0.169. The molecule has 6 heteroatoms. The molecule has 0 aliphatic carbocycles. The number of carbonyl (C=O) groups is 3. The van der Waals surface area contributed by atoms with E-state index < -0.39 is 18.6 Å². The van der Waals surface area contributed by atoms with Gasteiger partial charge in [-0.25, -0.2) is 4.79 Å². The number of carbonyl (C=O) groups excluding carboxylic acids is 3. The summed E-state index contributed by atoms with van der Waals surface area (Å²) in [6.07, 6.45) is 3.34. The van der Waals surface area contributed by atoms with Gasteiger partial charge in [0.05, 0.1) is 6.42 Å². The Morgan fingerprint density at radius 3 is 2.22 bits per heavy atom. The van der Waals surface area contributed by atoms with Crippen molar-refractivity contribution in [1.82, 2.24) is 10.2 Å². The van der Waals surface area contributed by atoms with Crippen LogP contribution in [0.3, 0.4) is 0 Å². The van der Waals surface area contributed by atoms with Gasteiger partial charge in [-0.3, -0.25) is 9.59 Å². The van der Waals surface area contributed by atoms with Gasteiger partial charge in [0.25, 0.3) is 5.91 Å². The van der Waals surface area contributed by atoms with Gasteiger partial charge in [-0.2, -0.15) is 0 Å². The lowest BCUT2D eigenvalue weighted by molar-refractivity contribution is -0.155. The lowest BCUT2D eigenvalue weighted by Gasteiger charge is -2.23. The number of nitrogens with one attached hydrogen (secondary N) is 1. The van der Waals surface area contributed by atoms with E-state index in [0.717, 1.165) is 5.56 Å². The Bertz CT molecular complexity index is 645.